The van der Waals surface area contributed by atoms with Crippen LogP contribution in [0.15, 0.2) is 30.3 Å². The summed E-state index contributed by atoms with van der Waals surface area (Å²) in [4.78, 5) is 0. The van der Waals surface area contributed by atoms with E-state index in [0.717, 1.165) is 5.56 Å². The smallest absolute Gasteiger partial charge is 0.190 e. The normalized spacial score (nSPS) is 34.5. The maximum Gasteiger partial charge on any atom is 0.190 e. The zero-order valence-electron chi connectivity index (χ0n) is 12.7. The van der Waals surface area contributed by atoms with Crippen LogP contribution in [0.1, 0.15) is 19.4 Å². The second kappa shape index (κ2) is 6.23. The van der Waals surface area contributed by atoms with Gasteiger partial charge in [-0.05, 0) is 19.4 Å². The van der Waals surface area contributed by atoms with E-state index in [0.29, 0.717) is 6.61 Å². The van der Waals surface area contributed by atoms with Gasteiger partial charge in [0.05, 0.1) is 13.2 Å². The Morgan fingerprint density at radius 2 is 1.95 bits per heavy atom. The van der Waals surface area contributed by atoms with Gasteiger partial charge >= 0.3 is 0 Å². The fraction of sp³-hybridized carbons (Fsp3) is 0.625. The molecule has 0 saturated carbocycles. The van der Waals surface area contributed by atoms with Gasteiger partial charge in [-0.25, -0.2) is 0 Å². The van der Waals surface area contributed by atoms with E-state index < -0.39 is 36.5 Å². The van der Waals surface area contributed by atoms with Crippen LogP contribution in [0.5, 0.6) is 0 Å². The molecule has 3 rings (SSSR count). The molecule has 2 aliphatic rings. The van der Waals surface area contributed by atoms with Gasteiger partial charge in [-0.15, -0.1) is 0 Å². The molecule has 6 nitrogen and oxygen atoms in total. The average molecular weight is 310 g/mol. The number of fused-ring (bicyclic) bond motifs is 1. The van der Waals surface area contributed by atoms with Crippen LogP contribution in [0.2, 0.25) is 0 Å². The van der Waals surface area contributed by atoms with Crippen LogP contribution in [0.3, 0.4) is 0 Å². The predicted octanol–water partition coefficient (Wildman–Crippen LogP) is 0.801. The summed E-state index contributed by atoms with van der Waals surface area (Å²) in [6.07, 6.45) is -3.42. The van der Waals surface area contributed by atoms with Crippen molar-refractivity contribution in [2.45, 2.75) is 56.9 Å². The van der Waals surface area contributed by atoms with Gasteiger partial charge in [-0.1, -0.05) is 30.3 Å². The Hall–Kier alpha value is -1.02. The van der Waals surface area contributed by atoms with Crippen LogP contribution in [0.4, 0.5) is 0 Å². The van der Waals surface area contributed by atoms with Crippen molar-refractivity contribution in [3.63, 3.8) is 0 Å². The molecular formula is C16H22O6. The first-order chi connectivity index (χ1) is 10.5. The molecule has 0 amide bonds. The second-order valence-electron chi connectivity index (χ2n) is 6.08. The summed E-state index contributed by atoms with van der Waals surface area (Å²) in [6, 6.07) is 9.63. The van der Waals surface area contributed by atoms with Gasteiger partial charge in [0.25, 0.3) is 0 Å². The molecule has 5 atom stereocenters. The van der Waals surface area contributed by atoms with Crippen LogP contribution >= 0.6 is 0 Å². The van der Waals surface area contributed by atoms with Crippen molar-refractivity contribution in [2.24, 2.45) is 0 Å². The Balaban J connectivity index is 1.61. The monoisotopic (exact) mass is 310 g/mol. The number of benzene rings is 1. The van der Waals surface area contributed by atoms with Crippen molar-refractivity contribution in [1.82, 2.24) is 0 Å². The van der Waals surface area contributed by atoms with Gasteiger partial charge in [0, 0.05) is 0 Å². The van der Waals surface area contributed by atoms with E-state index in [1.165, 1.54) is 0 Å². The molecule has 1 aromatic carbocycles. The van der Waals surface area contributed by atoms with Crippen LogP contribution in [-0.4, -0.2) is 53.3 Å². The number of aliphatic hydroxyl groups excluding tert-OH is 2. The minimum atomic E-state index is -0.903. The highest BCUT2D eigenvalue weighted by Gasteiger charge is 2.56. The van der Waals surface area contributed by atoms with Crippen molar-refractivity contribution >= 4 is 0 Å². The summed E-state index contributed by atoms with van der Waals surface area (Å²) in [5.74, 6) is -0.777. The molecule has 1 aromatic rings. The van der Waals surface area contributed by atoms with E-state index in [-0.39, 0.29) is 6.61 Å². The van der Waals surface area contributed by atoms with Gasteiger partial charge in [0.15, 0.2) is 12.1 Å². The minimum Gasteiger partial charge on any atom is -0.394 e. The summed E-state index contributed by atoms with van der Waals surface area (Å²) in [5.41, 5.74) is 0.988. The first-order valence-corrected chi connectivity index (χ1v) is 7.46. The van der Waals surface area contributed by atoms with Gasteiger partial charge < -0.3 is 29.2 Å². The molecule has 22 heavy (non-hydrogen) atoms. The molecule has 1 unspecified atom stereocenters. The lowest BCUT2D eigenvalue weighted by atomic mass is 10.1. The first kappa shape index (κ1) is 15.9. The van der Waals surface area contributed by atoms with Crippen molar-refractivity contribution < 1.29 is 29.2 Å². The van der Waals surface area contributed by atoms with E-state index >= 15 is 0 Å². The standard InChI is InChI=1S/C16H22O6/c1-16(2)21-14-12(18)13(20-15(14)22-16)11(8-17)19-9-10-6-4-3-5-7-10/h3-7,11-15,17-18H,8-9H2,1-2H3/t11-,12+,13-,14-,15?/m1/s1. The highest BCUT2D eigenvalue weighted by molar-refractivity contribution is 5.13. The molecule has 0 aliphatic carbocycles. The van der Waals surface area contributed by atoms with E-state index in [1.807, 2.05) is 30.3 Å². The third-order valence-corrected chi connectivity index (χ3v) is 3.91. The van der Waals surface area contributed by atoms with Gasteiger partial charge in [-0.2, -0.15) is 0 Å². The van der Waals surface area contributed by atoms with E-state index in [9.17, 15) is 10.2 Å². The number of hydrogen-bond donors (Lipinski definition) is 2. The SMILES string of the molecule is CC1(C)OC2O[C@H]([C@@H](CO)OCc3ccccc3)[C@H](O)[C@H]2O1. The first-order valence-electron chi connectivity index (χ1n) is 7.46. The van der Waals surface area contributed by atoms with E-state index in [1.54, 1.807) is 13.8 Å². The van der Waals surface area contributed by atoms with Crippen molar-refractivity contribution in [3.05, 3.63) is 35.9 Å². The van der Waals surface area contributed by atoms with E-state index in [2.05, 4.69) is 0 Å². The second-order valence-corrected chi connectivity index (χ2v) is 6.08. The fourth-order valence-corrected chi connectivity index (χ4v) is 2.85. The Labute approximate surface area is 129 Å². The Bertz CT molecular complexity index is 491. The number of ether oxygens (including phenoxy) is 4. The van der Waals surface area contributed by atoms with Gasteiger partial charge in [0.2, 0.25) is 0 Å². The van der Waals surface area contributed by atoms with Crippen LogP contribution < -0.4 is 0 Å². The van der Waals surface area contributed by atoms with Crippen molar-refractivity contribution in [1.29, 1.82) is 0 Å². The summed E-state index contributed by atoms with van der Waals surface area (Å²) in [5, 5.41) is 19.9. The molecule has 0 aromatic heterocycles. The molecule has 122 valence electrons. The van der Waals surface area contributed by atoms with Crippen LogP contribution in [0, 0.1) is 0 Å². The number of aliphatic hydroxyl groups is 2. The largest absolute Gasteiger partial charge is 0.394 e. The zero-order chi connectivity index (χ0) is 15.7. The Morgan fingerprint density at radius 1 is 1.23 bits per heavy atom. The fourth-order valence-electron chi connectivity index (χ4n) is 2.85. The molecule has 2 N–H and O–H groups in total. The Kier molecular flexibility index (Phi) is 4.49. The molecule has 2 fully saturated rings. The zero-order valence-corrected chi connectivity index (χ0v) is 12.7. The highest BCUT2D eigenvalue weighted by atomic mass is 16.8. The minimum absolute atomic E-state index is 0.253. The lowest BCUT2D eigenvalue weighted by Crippen LogP contribution is -2.43. The average Bonchev–Trinajstić information content (AvgIpc) is 2.95. The third-order valence-electron chi connectivity index (χ3n) is 3.91. The van der Waals surface area contributed by atoms with Gasteiger partial charge in [-0.3, -0.25) is 0 Å². The quantitative estimate of drug-likeness (QED) is 0.838. The molecule has 6 heteroatoms. The third kappa shape index (κ3) is 3.17. The summed E-state index contributed by atoms with van der Waals surface area (Å²) >= 11 is 0. The number of hydrogen-bond acceptors (Lipinski definition) is 6. The molecule has 2 heterocycles. The maximum absolute atomic E-state index is 10.4. The summed E-state index contributed by atoms with van der Waals surface area (Å²) < 4.78 is 22.6. The maximum atomic E-state index is 10.4. The number of rotatable bonds is 5. The van der Waals surface area contributed by atoms with Crippen molar-refractivity contribution in [3.8, 4) is 0 Å². The van der Waals surface area contributed by atoms with Gasteiger partial charge in [0.1, 0.15) is 24.4 Å². The lowest BCUT2D eigenvalue weighted by Gasteiger charge is -2.27. The predicted molar refractivity (Wildman–Crippen MR) is 76.8 cm³/mol. The summed E-state index contributed by atoms with van der Waals surface area (Å²) in [6.45, 7) is 3.62. The lowest BCUT2D eigenvalue weighted by molar-refractivity contribution is -0.232. The topological polar surface area (TPSA) is 77.4 Å². The molecule has 2 saturated heterocycles. The molecule has 0 radical (unpaired) electrons. The van der Waals surface area contributed by atoms with E-state index in [4.69, 9.17) is 18.9 Å². The highest BCUT2D eigenvalue weighted by Crippen LogP contribution is 2.38. The van der Waals surface area contributed by atoms with Crippen LogP contribution in [0.25, 0.3) is 0 Å². The van der Waals surface area contributed by atoms with Crippen molar-refractivity contribution in [2.75, 3.05) is 6.61 Å². The van der Waals surface area contributed by atoms with Crippen LogP contribution in [-0.2, 0) is 25.6 Å². The molecular weight excluding hydrogens is 288 g/mol. The summed E-state index contributed by atoms with van der Waals surface area (Å²) in [7, 11) is 0. The Morgan fingerprint density at radius 3 is 2.59 bits per heavy atom. The molecule has 0 spiro atoms. The molecule has 2 aliphatic heterocycles. The molecule has 0 bridgehead atoms.